The summed E-state index contributed by atoms with van der Waals surface area (Å²) in [6, 6.07) is -0.122. The second kappa shape index (κ2) is 8.31. The lowest BCUT2D eigenvalue weighted by Gasteiger charge is -2.32. The first-order chi connectivity index (χ1) is 11.0. The molecular formula is C17H28N2O4. The predicted molar refractivity (Wildman–Crippen MR) is 85.5 cm³/mol. The molecule has 2 atom stereocenters. The molecular weight excluding hydrogens is 296 g/mol. The number of ether oxygens (including phenoxy) is 1. The number of nitrogens with zero attached hydrogens (tertiary/aromatic N) is 1. The molecule has 1 saturated heterocycles. The first-order valence-corrected chi connectivity index (χ1v) is 8.66. The summed E-state index contributed by atoms with van der Waals surface area (Å²) < 4.78 is 4.91. The van der Waals surface area contributed by atoms with Crippen molar-refractivity contribution in [1.82, 2.24) is 10.2 Å². The number of rotatable bonds is 3. The smallest absolute Gasteiger partial charge is 0.310 e. The van der Waals surface area contributed by atoms with Gasteiger partial charge in [-0.1, -0.05) is 19.3 Å². The van der Waals surface area contributed by atoms with E-state index in [4.69, 9.17) is 4.74 Å². The lowest BCUT2D eigenvalue weighted by atomic mass is 9.91. The highest BCUT2D eigenvalue weighted by atomic mass is 16.5. The van der Waals surface area contributed by atoms with Crippen molar-refractivity contribution in [3.05, 3.63) is 0 Å². The molecule has 6 nitrogen and oxygen atoms in total. The zero-order valence-corrected chi connectivity index (χ0v) is 14.2. The number of hydrogen-bond acceptors (Lipinski definition) is 4. The fraction of sp³-hybridized carbons (Fsp3) is 0.824. The summed E-state index contributed by atoms with van der Waals surface area (Å²) in [5.74, 6) is -0.424. The summed E-state index contributed by atoms with van der Waals surface area (Å²) >= 11 is 0. The summed E-state index contributed by atoms with van der Waals surface area (Å²) in [5.41, 5.74) is 0. The zero-order valence-electron chi connectivity index (χ0n) is 14.2. The molecule has 0 radical (unpaired) electrons. The average molecular weight is 324 g/mol. The van der Waals surface area contributed by atoms with Crippen LogP contribution < -0.4 is 5.32 Å². The summed E-state index contributed by atoms with van der Waals surface area (Å²) in [6.45, 7) is 2.84. The van der Waals surface area contributed by atoms with Crippen molar-refractivity contribution in [2.24, 2.45) is 11.8 Å². The summed E-state index contributed by atoms with van der Waals surface area (Å²) in [4.78, 5) is 37.7. The number of carbonyl (C=O) groups excluding carboxylic acids is 3. The van der Waals surface area contributed by atoms with Crippen molar-refractivity contribution >= 4 is 17.8 Å². The van der Waals surface area contributed by atoms with E-state index in [-0.39, 0.29) is 35.7 Å². The second-order valence-electron chi connectivity index (χ2n) is 6.66. The predicted octanol–water partition coefficient (Wildman–Crippen LogP) is 1.48. The van der Waals surface area contributed by atoms with Crippen LogP contribution in [0.2, 0.25) is 0 Å². The van der Waals surface area contributed by atoms with E-state index in [2.05, 4.69) is 5.32 Å². The van der Waals surface area contributed by atoms with Gasteiger partial charge in [0.05, 0.1) is 13.0 Å². The monoisotopic (exact) mass is 324 g/mol. The van der Waals surface area contributed by atoms with Gasteiger partial charge in [0.1, 0.15) is 0 Å². The number of esters is 1. The SMILES string of the molecule is COC(=O)[C@@H]1CCCCC[C@@H]1NC(=O)C1CCN(C(C)=O)CC1. The van der Waals surface area contributed by atoms with E-state index in [1.807, 2.05) is 0 Å². The van der Waals surface area contributed by atoms with Gasteiger partial charge >= 0.3 is 5.97 Å². The van der Waals surface area contributed by atoms with Crippen LogP contribution in [-0.2, 0) is 19.1 Å². The van der Waals surface area contributed by atoms with Gasteiger partial charge in [0.25, 0.3) is 0 Å². The number of piperidine rings is 1. The first kappa shape index (κ1) is 17.8. The van der Waals surface area contributed by atoms with E-state index in [9.17, 15) is 14.4 Å². The molecule has 0 aromatic heterocycles. The molecule has 130 valence electrons. The van der Waals surface area contributed by atoms with Crippen LogP contribution in [0.3, 0.4) is 0 Å². The van der Waals surface area contributed by atoms with Crippen LogP contribution in [0.15, 0.2) is 0 Å². The lowest BCUT2D eigenvalue weighted by molar-refractivity contribution is -0.147. The molecule has 0 aromatic rings. The number of likely N-dealkylation sites (tertiary alicyclic amines) is 1. The second-order valence-corrected chi connectivity index (χ2v) is 6.66. The number of nitrogens with one attached hydrogen (secondary N) is 1. The molecule has 6 heteroatoms. The Morgan fingerprint density at radius 1 is 1.00 bits per heavy atom. The van der Waals surface area contributed by atoms with Crippen molar-refractivity contribution in [2.75, 3.05) is 20.2 Å². The normalized spacial score (nSPS) is 26.3. The fourth-order valence-corrected chi connectivity index (χ4v) is 3.67. The molecule has 1 saturated carbocycles. The molecule has 2 rings (SSSR count). The Bertz CT molecular complexity index is 444. The highest BCUT2D eigenvalue weighted by Crippen LogP contribution is 2.26. The third kappa shape index (κ3) is 4.69. The molecule has 1 heterocycles. The van der Waals surface area contributed by atoms with Crippen LogP contribution >= 0.6 is 0 Å². The molecule has 0 spiro atoms. The van der Waals surface area contributed by atoms with Crippen molar-refractivity contribution in [3.8, 4) is 0 Å². The molecule has 23 heavy (non-hydrogen) atoms. The Morgan fingerprint density at radius 2 is 1.65 bits per heavy atom. The van der Waals surface area contributed by atoms with E-state index in [1.165, 1.54) is 7.11 Å². The van der Waals surface area contributed by atoms with E-state index >= 15 is 0 Å². The minimum atomic E-state index is -0.233. The van der Waals surface area contributed by atoms with Crippen LogP contribution in [0.25, 0.3) is 0 Å². The maximum absolute atomic E-state index is 12.5. The van der Waals surface area contributed by atoms with Gasteiger partial charge in [-0.3, -0.25) is 14.4 Å². The quantitative estimate of drug-likeness (QED) is 0.630. The highest BCUT2D eigenvalue weighted by molar-refractivity contribution is 5.81. The zero-order chi connectivity index (χ0) is 16.8. The minimum absolute atomic E-state index is 0.0222. The Labute approximate surface area is 137 Å². The van der Waals surface area contributed by atoms with Crippen LogP contribution in [0.1, 0.15) is 51.9 Å². The van der Waals surface area contributed by atoms with E-state index in [0.29, 0.717) is 25.9 Å². The minimum Gasteiger partial charge on any atom is -0.469 e. The third-order valence-electron chi connectivity index (χ3n) is 5.16. The van der Waals surface area contributed by atoms with Gasteiger partial charge < -0.3 is 15.0 Å². The average Bonchev–Trinajstić information content (AvgIpc) is 2.79. The molecule has 2 amide bonds. The van der Waals surface area contributed by atoms with Gasteiger partial charge in [-0.2, -0.15) is 0 Å². The van der Waals surface area contributed by atoms with Crippen LogP contribution in [-0.4, -0.2) is 48.9 Å². The lowest BCUT2D eigenvalue weighted by Crippen LogP contribution is -2.48. The fourth-order valence-electron chi connectivity index (χ4n) is 3.67. The number of methoxy groups -OCH3 is 1. The summed E-state index contributed by atoms with van der Waals surface area (Å²) in [6.07, 6.45) is 6.13. The molecule has 2 aliphatic rings. The van der Waals surface area contributed by atoms with Crippen LogP contribution in [0, 0.1) is 11.8 Å². The number of amides is 2. The maximum atomic E-state index is 12.5. The van der Waals surface area contributed by atoms with Gasteiger partial charge in [0.15, 0.2) is 0 Å². The molecule has 0 bridgehead atoms. The molecule has 1 aliphatic carbocycles. The van der Waals surface area contributed by atoms with Gasteiger partial charge in [0.2, 0.25) is 11.8 Å². The molecule has 1 N–H and O–H groups in total. The van der Waals surface area contributed by atoms with Crippen molar-refractivity contribution in [2.45, 2.75) is 57.9 Å². The standard InChI is InChI=1S/C17H28N2O4/c1-12(20)19-10-8-13(9-11-19)16(21)18-15-7-5-3-4-6-14(15)17(22)23-2/h13-15H,3-11H2,1-2H3,(H,18,21)/t14-,15+/m1/s1. The Balaban J connectivity index is 1.92. The molecule has 0 aromatic carbocycles. The number of hydrogen-bond donors (Lipinski definition) is 1. The maximum Gasteiger partial charge on any atom is 0.310 e. The topological polar surface area (TPSA) is 75.7 Å². The van der Waals surface area contributed by atoms with E-state index in [1.54, 1.807) is 11.8 Å². The number of carbonyl (C=O) groups is 3. The van der Waals surface area contributed by atoms with Crippen LogP contribution in [0.4, 0.5) is 0 Å². The summed E-state index contributed by atoms with van der Waals surface area (Å²) in [7, 11) is 1.41. The van der Waals surface area contributed by atoms with Crippen molar-refractivity contribution in [3.63, 3.8) is 0 Å². The van der Waals surface area contributed by atoms with Gasteiger partial charge in [-0.15, -0.1) is 0 Å². The van der Waals surface area contributed by atoms with Gasteiger partial charge in [-0.05, 0) is 25.7 Å². The first-order valence-electron chi connectivity index (χ1n) is 8.66. The van der Waals surface area contributed by atoms with Crippen molar-refractivity contribution in [1.29, 1.82) is 0 Å². The third-order valence-corrected chi connectivity index (χ3v) is 5.16. The Kier molecular flexibility index (Phi) is 6.42. The highest BCUT2D eigenvalue weighted by Gasteiger charge is 2.34. The van der Waals surface area contributed by atoms with Gasteiger partial charge in [-0.25, -0.2) is 0 Å². The molecule has 2 fully saturated rings. The Hall–Kier alpha value is -1.59. The van der Waals surface area contributed by atoms with E-state index < -0.39 is 0 Å². The summed E-state index contributed by atoms with van der Waals surface area (Å²) in [5, 5.41) is 3.09. The Morgan fingerprint density at radius 3 is 2.26 bits per heavy atom. The molecule has 1 aliphatic heterocycles. The largest absolute Gasteiger partial charge is 0.469 e. The van der Waals surface area contributed by atoms with E-state index in [0.717, 1.165) is 32.1 Å². The molecule has 0 unspecified atom stereocenters. The van der Waals surface area contributed by atoms with Crippen molar-refractivity contribution < 1.29 is 19.1 Å². The van der Waals surface area contributed by atoms with Gasteiger partial charge in [0, 0.05) is 32.0 Å². The van der Waals surface area contributed by atoms with Crippen LogP contribution in [0.5, 0.6) is 0 Å².